The number of amides is 2. The summed E-state index contributed by atoms with van der Waals surface area (Å²) in [5, 5.41) is 15.0. The van der Waals surface area contributed by atoms with E-state index in [0.29, 0.717) is 11.5 Å². The number of carbonyl (C=O) groups is 3. The van der Waals surface area contributed by atoms with Crippen LogP contribution in [0.15, 0.2) is 84.4 Å². The minimum Gasteiger partial charge on any atom is -0.490 e. The number of carbonyl (C=O) groups excluding carboxylic acids is 2. The molecule has 0 heterocycles. The molecule has 0 atom stereocenters. The maximum absolute atomic E-state index is 12.4. The van der Waals surface area contributed by atoms with Crippen molar-refractivity contribution >= 4 is 23.5 Å². The molecule has 0 aromatic heterocycles. The molecule has 1 fully saturated rings. The molecule has 2 amide bonds. The Morgan fingerprint density at radius 1 is 0.850 bits per heavy atom. The number of rotatable bonds is 10. The molecule has 1 aliphatic rings. The molecule has 0 spiro atoms. The molecular weight excluding hydrogens is 508 g/mol. The van der Waals surface area contributed by atoms with Gasteiger partial charge >= 0.3 is 5.97 Å². The summed E-state index contributed by atoms with van der Waals surface area (Å²) in [5.74, 6) is 0.632. The van der Waals surface area contributed by atoms with E-state index in [1.165, 1.54) is 6.07 Å². The number of hydrogen-bond acceptors (Lipinski definition) is 5. The maximum atomic E-state index is 12.4. The lowest BCUT2D eigenvalue weighted by atomic mass is 9.93. The molecular formula is C32H34N2O6. The van der Waals surface area contributed by atoms with E-state index in [1.807, 2.05) is 38.1 Å². The lowest BCUT2D eigenvalue weighted by Crippen LogP contribution is -2.39. The van der Waals surface area contributed by atoms with Crippen LogP contribution in [0.4, 0.5) is 5.69 Å². The highest BCUT2D eigenvalue weighted by Crippen LogP contribution is 2.28. The first-order chi connectivity index (χ1) is 19.2. The molecule has 8 heteroatoms. The molecule has 208 valence electrons. The van der Waals surface area contributed by atoms with Crippen LogP contribution in [0.2, 0.25) is 0 Å². The third-order valence-electron chi connectivity index (χ3n) is 6.52. The zero-order valence-electron chi connectivity index (χ0n) is 22.7. The molecule has 1 aliphatic carbocycles. The van der Waals surface area contributed by atoms with Gasteiger partial charge in [0.05, 0.1) is 23.8 Å². The summed E-state index contributed by atoms with van der Waals surface area (Å²) in [5.41, 5.74) is 2.07. The van der Waals surface area contributed by atoms with Crippen LogP contribution in [0.5, 0.6) is 17.2 Å². The summed E-state index contributed by atoms with van der Waals surface area (Å²) in [6, 6.07) is 21.1. The minimum atomic E-state index is -1.10. The van der Waals surface area contributed by atoms with Crippen LogP contribution in [0.25, 0.3) is 0 Å². The summed E-state index contributed by atoms with van der Waals surface area (Å²) >= 11 is 0. The van der Waals surface area contributed by atoms with Crippen molar-refractivity contribution in [3.8, 4) is 17.2 Å². The number of allylic oxidation sites excluding steroid dienone is 1. The van der Waals surface area contributed by atoms with Crippen molar-refractivity contribution in [2.45, 2.75) is 58.1 Å². The zero-order chi connectivity index (χ0) is 28.5. The minimum absolute atomic E-state index is 0.0285. The lowest BCUT2D eigenvalue weighted by Gasteiger charge is -2.29. The Labute approximate surface area is 234 Å². The molecule has 40 heavy (non-hydrogen) atoms. The number of ether oxygens (including phenoxy) is 2. The van der Waals surface area contributed by atoms with Gasteiger partial charge in [-0.05, 0) is 93.6 Å². The molecule has 4 rings (SSSR count). The maximum Gasteiger partial charge on any atom is 0.337 e. The topological polar surface area (TPSA) is 114 Å². The Morgan fingerprint density at radius 2 is 1.45 bits per heavy atom. The number of para-hydroxylation sites is 1. The van der Waals surface area contributed by atoms with Crippen LogP contribution in [0, 0.1) is 0 Å². The van der Waals surface area contributed by atoms with Gasteiger partial charge in [0.1, 0.15) is 17.2 Å². The third-order valence-corrected chi connectivity index (χ3v) is 6.52. The Balaban J connectivity index is 1.23. The molecule has 0 aliphatic heterocycles. The summed E-state index contributed by atoms with van der Waals surface area (Å²) < 4.78 is 12.1. The van der Waals surface area contributed by atoms with Gasteiger partial charge in [0.2, 0.25) is 11.8 Å². The van der Waals surface area contributed by atoms with Crippen molar-refractivity contribution in [2.24, 2.45) is 0 Å². The van der Waals surface area contributed by atoms with Crippen molar-refractivity contribution in [3.63, 3.8) is 0 Å². The second-order valence-electron chi connectivity index (χ2n) is 10.1. The van der Waals surface area contributed by atoms with Crippen molar-refractivity contribution in [1.29, 1.82) is 0 Å². The zero-order valence-corrected chi connectivity index (χ0v) is 22.7. The van der Waals surface area contributed by atoms with E-state index < -0.39 is 5.97 Å². The average molecular weight is 543 g/mol. The molecule has 0 radical (unpaired) electrons. The van der Waals surface area contributed by atoms with Gasteiger partial charge < -0.3 is 25.2 Å². The van der Waals surface area contributed by atoms with E-state index in [2.05, 4.69) is 10.6 Å². The molecule has 8 nitrogen and oxygen atoms in total. The van der Waals surface area contributed by atoms with E-state index in [1.54, 1.807) is 48.5 Å². The standard InChI is InChI=1S/C32H34N2O6/c1-21(2)19-30(35)33-23-9-13-25(14-10-23)40-27-17-15-26(16-18-27)39-24-11-7-22(8-12-24)20-31(36)34-29-6-4-3-5-28(29)32(37)38/h3-8,11-12,15-19,23,25H,9-10,13-14,20H2,1-2H3,(H,33,35)(H,34,36)(H,37,38). The fraction of sp³-hybridized carbons (Fsp3) is 0.281. The van der Waals surface area contributed by atoms with E-state index in [-0.39, 0.29) is 41.6 Å². The van der Waals surface area contributed by atoms with Crippen LogP contribution in [0.1, 0.15) is 55.5 Å². The number of benzene rings is 3. The Bertz CT molecular complexity index is 1350. The Morgan fingerprint density at radius 3 is 2.08 bits per heavy atom. The number of nitrogens with one attached hydrogen (secondary N) is 2. The highest BCUT2D eigenvalue weighted by Gasteiger charge is 2.23. The highest BCUT2D eigenvalue weighted by molar-refractivity contribution is 6.01. The number of anilines is 1. The predicted octanol–water partition coefficient (Wildman–Crippen LogP) is 6.13. The van der Waals surface area contributed by atoms with Crippen LogP contribution in [0.3, 0.4) is 0 Å². The smallest absolute Gasteiger partial charge is 0.337 e. The average Bonchev–Trinajstić information content (AvgIpc) is 2.92. The van der Waals surface area contributed by atoms with Gasteiger partial charge in [0.25, 0.3) is 0 Å². The molecule has 3 aromatic carbocycles. The molecule has 1 saturated carbocycles. The number of carboxylic acids is 1. The van der Waals surface area contributed by atoms with E-state index >= 15 is 0 Å². The summed E-state index contributed by atoms with van der Waals surface area (Å²) in [6.07, 6.45) is 5.40. The molecule has 3 N–H and O–H groups in total. The molecule has 0 saturated heterocycles. The molecule has 3 aromatic rings. The summed E-state index contributed by atoms with van der Waals surface area (Å²) in [4.78, 5) is 35.7. The fourth-order valence-electron chi connectivity index (χ4n) is 4.58. The van der Waals surface area contributed by atoms with Gasteiger partial charge in [-0.3, -0.25) is 9.59 Å². The van der Waals surface area contributed by atoms with Crippen LogP contribution in [-0.2, 0) is 16.0 Å². The first-order valence-electron chi connectivity index (χ1n) is 13.4. The van der Waals surface area contributed by atoms with Gasteiger partial charge in [-0.1, -0.05) is 29.8 Å². The largest absolute Gasteiger partial charge is 0.490 e. The number of carboxylic acid groups (broad SMARTS) is 1. The number of aromatic carboxylic acids is 1. The predicted molar refractivity (Wildman–Crippen MR) is 153 cm³/mol. The van der Waals surface area contributed by atoms with Crippen LogP contribution >= 0.6 is 0 Å². The Kier molecular flexibility index (Phi) is 9.57. The van der Waals surface area contributed by atoms with Gasteiger partial charge in [-0.25, -0.2) is 4.79 Å². The van der Waals surface area contributed by atoms with Gasteiger partial charge in [0, 0.05) is 12.1 Å². The van der Waals surface area contributed by atoms with Gasteiger partial charge in [0.15, 0.2) is 0 Å². The van der Waals surface area contributed by atoms with E-state index in [0.717, 1.165) is 42.6 Å². The highest BCUT2D eigenvalue weighted by atomic mass is 16.5. The summed E-state index contributed by atoms with van der Waals surface area (Å²) in [7, 11) is 0. The van der Waals surface area contributed by atoms with Crippen molar-refractivity contribution in [3.05, 3.63) is 95.6 Å². The van der Waals surface area contributed by atoms with Crippen LogP contribution in [-0.4, -0.2) is 35.0 Å². The third kappa shape index (κ3) is 8.46. The van der Waals surface area contributed by atoms with Gasteiger partial charge in [-0.2, -0.15) is 0 Å². The normalized spacial score (nSPS) is 16.4. The summed E-state index contributed by atoms with van der Waals surface area (Å²) in [6.45, 7) is 3.82. The van der Waals surface area contributed by atoms with Crippen molar-refractivity contribution in [2.75, 3.05) is 5.32 Å². The quantitative estimate of drug-likeness (QED) is 0.266. The SMILES string of the molecule is CC(C)=CC(=O)NC1CCC(Oc2ccc(Oc3ccc(CC(=O)Nc4ccccc4C(=O)O)cc3)cc2)CC1. The van der Waals surface area contributed by atoms with Crippen LogP contribution < -0.4 is 20.1 Å². The molecule has 0 unspecified atom stereocenters. The molecule has 0 bridgehead atoms. The Hall–Kier alpha value is -4.59. The van der Waals surface area contributed by atoms with E-state index in [9.17, 15) is 19.5 Å². The van der Waals surface area contributed by atoms with Crippen molar-refractivity contribution in [1.82, 2.24) is 5.32 Å². The van der Waals surface area contributed by atoms with Gasteiger partial charge in [-0.15, -0.1) is 0 Å². The number of hydrogen-bond donors (Lipinski definition) is 3. The lowest BCUT2D eigenvalue weighted by molar-refractivity contribution is -0.117. The second kappa shape index (κ2) is 13.5. The first-order valence-corrected chi connectivity index (χ1v) is 13.4. The second-order valence-corrected chi connectivity index (χ2v) is 10.1. The monoisotopic (exact) mass is 542 g/mol. The fourth-order valence-corrected chi connectivity index (χ4v) is 4.58. The van der Waals surface area contributed by atoms with Crippen molar-refractivity contribution < 1.29 is 29.0 Å². The first kappa shape index (κ1) is 28.4. The van der Waals surface area contributed by atoms with E-state index in [4.69, 9.17) is 9.47 Å².